The van der Waals surface area contributed by atoms with E-state index in [4.69, 9.17) is 5.73 Å². The number of carbonyl (C=O) groups is 2. The van der Waals surface area contributed by atoms with Crippen LogP contribution in [0.15, 0.2) is 79.1 Å². The van der Waals surface area contributed by atoms with Gasteiger partial charge in [-0.1, -0.05) is 30.3 Å². The van der Waals surface area contributed by atoms with Crippen LogP contribution in [0.3, 0.4) is 0 Å². The summed E-state index contributed by atoms with van der Waals surface area (Å²) >= 11 is 0. The number of primary amides is 1. The van der Waals surface area contributed by atoms with Gasteiger partial charge in [0.15, 0.2) is 0 Å². The lowest BCUT2D eigenvalue weighted by Gasteiger charge is -2.17. The van der Waals surface area contributed by atoms with Crippen molar-refractivity contribution in [3.63, 3.8) is 0 Å². The number of nitrogens with two attached hydrogens (primary N) is 1. The molecule has 0 spiro atoms. The molecule has 1 unspecified atom stereocenters. The predicted molar refractivity (Wildman–Crippen MR) is 101 cm³/mol. The lowest BCUT2D eigenvalue weighted by atomic mass is 9.91. The van der Waals surface area contributed by atoms with Crippen molar-refractivity contribution in [3.8, 4) is 0 Å². The monoisotopic (exact) mass is 345 g/mol. The molecule has 26 heavy (non-hydrogen) atoms. The van der Waals surface area contributed by atoms with Crippen LogP contribution in [0, 0.1) is 0 Å². The highest BCUT2D eigenvalue weighted by atomic mass is 16.2. The Morgan fingerprint density at radius 2 is 1.58 bits per heavy atom. The van der Waals surface area contributed by atoms with Crippen molar-refractivity contribution in [2.24, 2.45) is 5.73 Å². The van der Waals surface area contributed by atoms with Crippen LogP contribution < -0.4 is 11.1 Å². The quantitative estimate of drug-likeness (QED) is 0.720. The number of carbonyl (C=O) groups excluding carboxylic acids is 2. The number of rotatable bonds is 6. The summed E-state index contributed by atoms with van der Waals surface area (Å²) in [7, 11) is 0. The Bertz CT molecular complexity index is 878. The first-order valence-corrected chi connectivity index (χ1v) is 8.28. The van der Waals surface area contributed by atoms with Gasteiger partial charge in [0.1, 0.15) is 0 Å². The minimum absolute atomic E-state index is 0.111. The molecule has 0 bridgehead atoms. The van der Waals surface area contributed by atoms with E-state index in [-0.39, 0.29) is 11.8 Å². The van der Waals surface area contributed by atoms with E-state index in [2.05, 4.69) is 10.3 Å². The van der Waals surface area contributed by atoms with Gasteiger partial charge < -0.3 is 11.1 Å². The molecule has 3 aromatic rings. The highest BCUT2D eigenvalue weighted by Crippen LogP contribution is 2.23. The van der Waals surface area contributed by atoms with Gasteiger partial charge in [-0.25, -0.2) is 0 Å². The van der Waals surface area contributed by atoms with E-state index in [1.165, 1.54) is 0 Å². The number of nitrogens with zero attached hydrogens (tertiary/aromatic N) is 1. The Kier molecular flexibility index (Phi) is 5.39. The molecule has 0 aliphatic carbocycles. The molecule has 0 saturated carbocycles. The van der Waals surface area contributed by atoms with E-state index in [1.807, 2.05) is 42.5 Å². The lowest BCUT2D eigenvalue weighted by Crippen LogP contribution is -2.23. The summed E-state index contributed by atoms with van der Waals surface area (Å²) in [6, 6.07) is 20.0. The molecule has 3 N–H and O–H groups in total. The van der Waals surface area contributed by atoms with Crippen LogP contribution in [0.2, 0.25) is 0 Å². The van der Waals surface area contributed by atoms with Crippen molar-refractivity contribution in [2.45, 2.75) is 12.3 Å². The van der Waals surface area contributed by atoms with E-state index in [1.54, 1.807) is 36.7 Å². The highest BCUT2D eigenvalue weighted by Gasteiger charge is 2.21. The fourth-order valence-electron chi connectivity index (χ4n) is 2.75. The van der Waals surface area contributed by atoms with E-state index < -0.39 is 5.91 Å². The number of nitrogens with one attached hydrogen (secondary N) is 1. The van der Waals surface area contributed by atoms with Crippen molar-refractivity contribution in [2.75, 3.05) is 5.32 Å². The Morgan fingerprint density at radius 1 is 0.923 bits per heavy atom. The number of benzene rings is 2. The van der Waals surface area contributed by atoms with Crippen LogP contribution in [-0.2, 0) is 11.2 Å². The first-order chi connectivity index (χ1) is 12.6. The van der Waals surface area contributed by atoms with Crippen molar-refractivity contribution < 1.29 is 9.59 Å². The summed E-state index contributed by atoms with van der Waals surface area (Å²) in [5.74, 6) is -0.947. The molecular weight excluding hydrogens is 326 g/mol. The molecule has 2 aromatic carbocycles. The molecule has 130 valence electrons. The summed E-state index contributed by atoms with van der Waals surface area (Å²) in [6.07, 6.45) is 4.01. The second-order valence-electron chi connectivity index (χ2n) is 5.95. The lowest BCUT2D eigenvalue weighted by molar-refractivity contribution is -0.117. The van der Waals surface area contributed by atoms with Gasteiger partial charge >= 0.3 is 0 Å². The van der Waals surface area contributed by atoms with Gasteiger partial charge in [0.2, 0.25) is 11.8 Å². The van der Waals surface area contributed by atoms with Crippen molar-refractivity contribution in [1.82, 2.24) is 4.98 Å². The molecule has 5 nitrogen and oxygen atoms in total. The average Bonchev–Trinajstić information content (AvgIpc) is 2.68. The fourth-order valence-corrected chi connectivity index (χ4v) is 2.75. The third-order valence-corrected chi connectivity index (χ3v) is 4.14. The molecule has 1 atom stereocenters. The molecular formula is C21H19N3O2. The number of pyridine rings is 1. The fraction of sp³-hybridized carbons (Fsp3) is 0.0952. The van der Waals surface area contributed by atoms with Gasteiger partial charge in [0.05, 0.1) is 5.92 Å². The molecule has 0 saturated heterocycles. The molecule has 1 heterocycles. The van der Waals surface area contributed by atoms with E-state index in [0.717, 1.165) is 11.1 Å². The van der Waals surface area contributed by atoms with Crippen molar-refractivity contribution in [1.29, 1.82) is 0 Å². The molecule has 0 aliphatic heterocycles. The Morgan fingerprint density at radius 3 is 2.19 bits per heavy atom. The first kappa shape index (κ1) is 17.4. The number of hydrogen-bond acceptors (Lipinski definition) is 3. The van der Waals surface area contributed by atoms with Crippen LogP contribution in [0.25, 0.3) is 0 Å². The third-order valence-electron chi connectivity index (χ3n) is 4.14. The highest BCUT2D eigenvalue weighted by molar-refractivity contribution is 5.97. The summed E-state index contributed by atoms with van der Waals surface area (Å²) in [4.78, 5) is 28.1. The maximum absolute atomic E-state index is 12.9. The van der Waals surface area contributed by atoms with Crippen LogP contribution in [0.5, 0.6) is 0 Å². The Hall–Kier alpha value is -3.47. The molecule has 1 aromatic heterocycles. The van der Waals surface area contributed by atoms with Gasteiger partial charge in [-0.05, 0) is 53.9 Å². The number of hydrogen-bond donors (Lipinski definition) is 2. The van der Waals surface area contributed by atoms with Crippen LogP contribution in [-0.4, -0.2) is 16.8 Å². The van der Waals surface area contributed by atoms with Gasteiger partial charge in [-0.2, -0.15) is 0 Å². The SMILES string of the molecule is NC(=O)c1ccc(NC(=O)C(Cc2ccncc2)c2ccccc2)cc1. The molecule has 0 aliphatic rings. The largest absolute Gasteiger partial charge is 0.366 e. The minimum Gasteiger partial charge on any atom is -0.366 e. The molecule has 5 heteroatoms. The topological polar surface area (TPSA) is 85.1 Å². The zero-order valence-electron chi connectivity index (χ0n) is 14.1. The van der Waals surface area contributed by atoms with E-state index in [0.29, 0.717) is 17.7 Å². The van der Waals surface area contributed by atoms with Crippen LogP contribution in [0.4, 0.5) is 5.69 Å². The Balaban J connectivity index is 1.81. The number of aromatic nitrogens is 1. The second-order valence-corrected chi connectivity index (χ2v) is 5.95. The first-order valence-electron chi connectivity index (χ1n) is 8.28. The summed E-state index contributed by atoms with van der Waals surface area (Å²) in [5.41, 5.74) is 8.24. The third kappa shape index (κ3) is 4.33. The zero-order chi connectivity index (χ0) is 18.4. The maximum Gasteiger partial charge on any atom is 0.248 e. The second kappa shape index (κ2) is 8.07. The molecule has 3 rings (SSSR count). The predicted octanol–water partition coefficient (Wildman–Crippen LogP) is 3.15. The van der Waals surface area contributed by atoms with Crippen molar-refractivity contribution >= 4 is 17.5 Å². The number of anilines is 1. The van der Waals surface area contributed by atoms with Crippen LogP contribution >= 0.6 is 0 Å². The standard InChI is InChI=1S/C21H19N3O2/c22-20(25)17-6-8-18(9-7-17)24-21(26)19(16-4-2-1-3-5-16)14-15-10-12-23-13-11-15/h1-13,19H,14H2,(H2,22,25)(H,24,26). The van der Waals surface area contributed by atoms with Crippen LogP contribution in [0.1, 0.15) is 27.4 Å². The summed E-state index contributed by atoms with van der Waals surface area (Å²) in [5, 5.41) is 2.92. The maximum atomic E-state index is 12.9. The summed E-state index contributed by atoms with van der Waals surface area (Å²) < 4.78 is 0. The number of amides is 2. The minimum atomic E-state index is -0.497. The zero-order valence-corrected chi connectivity index (χ0v) is 14.1. The smallest absolute Gasteiger partial charge is 0.248 e. The van der Waals surface area contributed by atoms with Gasteiger partial charge in [0, 0.05) is 23.6 Å². The van der Waals surface area contributed by atoms with E-state index in [9.17, 15) is 9.59 Å². The van der Waals surface area contributed by atoms with Gasteiger partial charge in [-0.3, -0.25) is 14.6 Å². The Labute approximate surface area is 151 Å². The van der Waals surface area contributed by atoms with Gasteiger partial charge in [-0.15, -0.1) is 0 Å². The normalized spacial score (nSPS) is 11.5. The van der Waals surface area contributed by atoms with E-state index >= 15 is 0 Å². The average molecular weight is 345 g/mol. The molecule has 0 radical (unpaired) electrons. The molecule has 0 fully saturated rings. The van der Waals surface area contributed by atoms with Gasteiger partial charge in [0.25, 0.3) is 0 Å². The summed E-state index contributed by atoms with van der Waals surface area (Å²) in [6.45, 7) is 0. The molecule has 2 amide bonds. The van der Waals surface area contributed by atoms with Crippen molar-refractivity contribution in [3.05, 3.63) is 95.8 Å².